The minimum atomic E-state index is -0.669. The summed E-state index contributed by atoms with van der Waals surface area (Å²) >= 11 is 1.46. The lowest BCUT2D eigenvalue weighted by Crippen LogP contribution is -2.06. The fraction of sp³-hybridized carbons (Fsp3) is 0.125. The maximum absolute atomic E-state index is 13.1. The molecule has 0 aliphatic rings. The zero-order valence-corrected chi connectivity index (χ0v) is 11.8. The van der Waals surface area contributed by atoms with E-state index in [2.05, 4.69) is 4.98 Å². The van der Waals surface area contributed by atoms with E-state index in [4.69, 9.17) is 0 Å². The maximum atomic E-state index is 13.1. The number of thiazole rings is 1. The SMILES string of the molecule is O=C(Cc1cc(F)cc(F)c1)Cc1nc2ccccc2s1. The van der Waals surface area contributed by atoms with E-state index in [0.717, 1.165) is 21.3 Å². The molecule has 1 aromatic heterocycles. The Morgan fingerprint density at radius 1 is 1.05 bits per heavy atom. The van der Waals surface area contributed by atoms with Crippen molar-refractivity contribution in [2.24, 2.45) is 0 Å². The Hall–Kier alpha value is -2.14. The molecule has 0 saturated carbocycles. The Labute approximate surface area is 124 Å². The van der Waals surface area contributed by atoms with Gasteiger partial charge in [-0.05, 0) is 29.8 Å². The fourth-order valence-corrected chi connectivity index (χ4v) is 3.16. The molecule has 0 unspecified atom stereocenters. The van der Waals surface area contributed by atoms with Crippen LogP contribution in [0.25, 0.3) is 10.2 Å². The number of carbonyl (C=O) groups is 1. The predicted octanol–water partition coefficient (Wildman–Crippen LogP) is 3.93. The molecular weight excluding hydrogens is 292 g/mol. The summed E-state index contributed by atoms with van der Waals surface area (Å²) in [6, 6.07) is 10.8. The van der Waals surface area contributed by atoms with Crippen molar-refractivity contribution in [2.75, 3.05) is 0 Å². The summed E-state index contributed by atoms with van der Waals surface area (Å²) < 4.78 is 27.2. The molecule has 5 heteroatoms. The number of fused-ring (bicyclic) bond motifs is 1. The summed E-state index contributed by atoms with van der Waals surface area (Å²) in [5.41, 5.74) is 1.21. The van der Waals surface area contributed by atoms with E-state index < -0.39 is 11.6 Å². The van der Waals surface area contributed by atoms with Gasteiger partial charge in [0.05, 0.1) is 16.6 Å². The van der Waals surface area contributed by atoms with Crippen molar-refractivity contribution >= 4 is 27.3 Å². The topological polar surface area (TPSA) is 30.0 Å². The minimum Gasteiger partial charge on any atom is -0.299 e. The molecule has 21 heavy (non-hydrogen) atoms. The second kappa shape index (κ2) is 5.69. The van der Waals surface area contributed by atoms with Gasteiger partial charge in [0, 0.05) is 12.5 Å². The van der Waals surface area contributed by atoms with Gasteiger partial charge in [-0.25, -0.2) is 13.8 Å². The van der Waals surface area contributed by atoms with Crippen LogP contribution in [0.5, 0.6) is 0 Å². The number of aromatic nitrogens is 1. The molecule has 106 valence electrons. The highest BCUT2D eigenvalue weighted by Gasteiger charge is 2.11. The second-order valence-corrected chi connectivity index (χ2v) is 5.86. The Kier molecular flexibility index (Phi) is 3.75. The molecule has 0 aliphatic carbocycles. The van der Waals surface area contributed by atoms with Gasteiger partial charge in [0.25, 0.3) is 0 Å². The van der Waals surface area contributed by atoms with Crippen molar-refractivity contribution in [2.45, 2.75) is 12.8 Å². The van der Waals surface area contributed by atoms with Gasteiger partial charge in [-0.1, -0.05) is 12.1 Å². The van der Waals surface area contributed by atoms with Gasteiger partial charge < -0.3 is 0 Å². The number of carbonyl (C=O) groups excluding carboxylic acids is 1. The molecule has 3 aromatic rings. The van der Waals surface area contributed by atoms with Gasteiger partial charge in [0.2, 0.25) is 0 Å². The average molecular weight is 303 g/mol. The monoisotopic (exact) mass is 303 g/mol. The van der Waals surface area contributed by atoms with Crippen LogP contribution in [0.4, 0.5) is 8.78 Å². The average Bonchev–Trinajstić information content (AvgIpc) is 2.78. The Balaban J connectivity index is 1.73. The number of benzene rings is 2. The first-order chi connectivity index (χ1) is 10.1. The number of Topliss-reactive ketones (excluding diaryl/α,β-unsaturated/α-hetero) is 1. The minimum absolute atomic E-state index is 0.00457. The quantitative estimate of drug-likeness (QED) is 0.731. The lowest BCUT2D eigenvalue weighted by Gasteiger charge is -2.00. The van der Waals surface area contributed by atoms with Crippen molar-refractivity contribution in [3.63, 3.8) is 0 Å². The number of rotatable bonds is 4. The van der Waals surface area contributed by atoms with Crippen molar-refractivity contribution in [3.8, 4) is 0 Å². The van der Waals surface area contributed by atoms with Gasteiger partial charge in [-0.15, -0.1) is 11.3 Å². The van der Waals surface area contributed by atoms with Gasteiger partial charge in [-0.3, -0.25) is 4.79 Å². The van der Waals surface area contributed by atoms with E-state index in [1.807, 2.05) is 24.3 Å². The van der Waals surface area contributed by atoms with Crippen molar-refractivity contribution < 1.29 is 13.6 Å². The second-order valence-electron chi connectivity index (χ2n) is 4.75. The lowest BCUT2D eigenvalue weighted by molar-refractivity contribution is -0.117. The number of nitrogens with zero attached hydrogens (tertiary/aromatic N) is 1. The molecule has 0 saturated heterocycles. The van der Waals surface area contributed by atoms with Crippen LogP contribution < -0.4 is 0 Å². The van der Waals surface area contributed by atoms with E-state index in [-0.39, 0.29) is 18.6 Å². The summed E-state index contributed by atoms with van der Waals surface area (Å²) in [6.07, 6.45) is 0.183. The van der Waals surface area contributed by atoms with E-state index in [9.17, 15) is 13.6 Å². The third kappa shape index (κ3) is 3.31. The van der Waals surface area contributed by atoms with E-state index >= 15 is 0 Å². The molecule has 0 aliphatic heterocycles. The Bertz CT molecular complexity index is 760. The first-order valence-electron chi connectivity index (χ1n) is 6.41. The van der Waals surface area contributed by atoms with Gasteiger partial charge in [-0.2, -0.15) is 0 Å². The van der Waals surface area contributed by atoms with Crippen LogP contribution in [0.3, 0.4) is 0 Å². The van der Waals surface area contributed by atoms with Crippen LogP contribution in [0.2, 0.25) is 0 Å². The summed E-state index contributed by atoms with van der Waals surface area (Å²) in [5.74, 6) is -1.45. The molecule has 0 bridgehead atoms. The molecule has 0 fully saturated rings. The van der Waals surface area contributed by atoms with Crippen LogP contribution in [-0.4, -0.2) is 10.8 Å². The van der Waals surface area contributed by atoms with Gasteiger partial charge in [0.1, 0.15) is 22.4 Å². The maximum Gasteiger partial charge on any atom is 0.144 e. The summed E-state index contributed by atoms with van der Waals surface area (Å²) in [7, 11) is 0. The zero-order chi connectivity index (χ0) is 14.8. The summed E-state index contributed by atoms with van der Waals surface area (Å²) in [6.45, 7) is 0. The zero-order valence-electron chi connectivity index (χ0n) is 11.0. The molecule has 0 spiro atoms. The molecule has 1 heterocycles. The van der Waals surface area contributed by atoms with E-state index in [1.54, 1.807) is 0 Å². The van der Waals surface area contributed by atoms with Crippen LogP contribution in [0.15, 0.2) is 42.5 Å². The molecular formula is C16H11F2NOS. The van der Waals surface area contributed by atoms with Gasteiger partial charge in [0.15, 0.2) is 0 Å². The number of ketones is 1. The number of halogens is 2. The Morgan fingerprint density at radius 3 is 2.48 bits per heavy atom. The molecule has 2 aromatic carbocycles. The van der Waals surface area contributed by atoms with Crippen molar-refractivity contribution in [3.05, 3.63) is 64.7 Å². The van der Waals surface area contributed by atoms with E-state index in [1.165, 1.54) is 23.5 Å². The smallest absolute Gasteiger partial charge is 0.144 e. The third-order valence-corrected chi connectivity index (χ3v) is 4.05. The molecule has 3 rings (SSSR count). The van der Waals surface area contributed by atoms with Crippen molar-refractivity contribution in [1.29, 1.82) is 0 Å². The first kappa shape index (κ1) is 13.8. The highest BCUT2D eigenvalue weighted by Crippen LogP contribution is 2.22. The lowest BCUT2D eigenvalue weighted by atomic mass is 10.1. The standard InChI is InChI=1S/C16H11F2NOS/c17-11-5-10(6-12(18)8-11)7-13(20)9-16-19-14-3-1-2-4-15(14)21-16/h1-6,8H,7,9H2. The number of hydrogen-bond donors (Lipinski definition) is 0. The number of hydrogen-bond acceptors (Lipinski definition) is 3. The normalized spacial score (nSPS) is 11.0. The summed E-state index contributed by atoms with van der Waals surface area (Å²) in [4.78, 5) is 16.4. The number of para-hydroxylation sites is 1. The van der Waals surface area contributed by atoms with E-state index in [0.29, 0.717) is 5.56 Å². The first-order valence-corrected chi connectivity index (χ1v) is 7.23. The summed E-state index contributed by atoms with van der Waals surface area (Å²) in [5, 5.41) is 0.720. The van der Waals surface area contributed by atoms with Crippen molar-refractivity contribution in [1.82, 2.24) is 4.98 Å². The predicted molar refractivity (Wildman–Crippen MR) is 78.4 cm³/mol. The van der Waals surface area contributed by atoms with Crippen LogP contribution in [0, 0.1) is 11.6 Å². The highest BCUT2D eigenvalue weighted by molar-refractivity contribution is 7.18. The molecule has 0 N–H and O–H groups in total. The third-order valence-electron chi connectivity index (χ3n) is 3.01. The molecule has 0 radical (unpaired) electrons. The van der Waals surface area contributed by atoms with Crippen LogP contribution in [-0.2, 0) is 17.6 Å². The molecule has 2 nitrogen and oxygen atoms in total. The largest absolute Gasteiger partial charge is 0.299 e. The fourth-order valence-electron chi connectivity index (χ4n) is 2.17. The highest BCUT2D eigenvalue weighted by atomic mass is 32.1. The van der Waals surface area contributed by atoms with Crippen LogP contribution in [0.1, 0.15) is 10.6 Å². The Morgan fingerprint density at radius 2 is 1.76 bits per heavy atom. The molecule has 0 amide bonds. The molecule has 0 atom stereocenters. The van der Waals surface area contributed by atoms with Crippen LogP contribution >= 0.6 is 11.3 Å². The van der Waals surface area contributed by atoms with Gasteiger partial charge >= 0.3 is 0 Å².